The first kappa shape index (κ1) is 15.4. The van der Waals surface area contributed by atoms with Gasteiger partial charge in [0.1, 0.15) is 0 Å². The van der Waals surface area contributed by atoms with E-state index in [9.17, 15) is 9.90 Å². The van der Waals surface area contributed by atoms with Crippen molar-refractivity contribution >= 4 is 5.91 Å². The third-order valence-corrected chi connectivity index (χ3v) is 4.21. The van der Waals surface area contributed by atoms with Crippen LogP contribution in [0.3, 0.4) is 0 Å². The average molecular weight is 256 g/mol. The summed E-state index contributed by atoms with van der Waals surface area (Å²) in [6.45, 7) is 7.40. The number of carbonyl (C=O) groups is 1. The van der Waals surface area contributed by atoms with E-state index in [1.807, 2.05) is 30.7 Å². The highest BCUT2D eigenvalue weighted by Gasteiger charge is 2.29. The Morgan fingerprint density at radius 3 is 2.67 bits per heavy atom. The zero-order valence-electron chi connectivity index (χ0n) is 12.3. The zero-order valence-corrected chi connectivity index (χ0v) is 12.3. The second-order valence-electron chi connectivity index (χ2n) is 5.97. The van der Waals surface area contributed by atoms with Crippen molar-refractivity contribution in [2.45, 2.75) is 58.0 Å². The summed E-state index contributed by atoms with van der Waals surface area (Å²) in [4.78, 5) is 16.3. The first-order valence-corrected chi connectivity index (χ1v) is 7.04. The van der Waals surface area contributed by atoms with Gasteiger partial charge in [-0.15, -0.1) is 0 Å². The highest BCUT2D eigenvalue weighted by molar-refractivity contribution is 5.78. The third-order valence-electron chi connectivity index (χ3n) is 4.21. The van der Waals surface area contributed by atoms with Crippen LogP contribution in [0, 0.1) is 0 Å². The summed E-state index contributed by atoms with van der Waals surface area (Å²) in [5.74, 6) is 0.200. The molecule has 0 radical (unpaired) electrons. The molecular weight excluding hydrogens is 228 g/mol. The molecule has 0 saturated carbocycles. The molecule has 0 aromatic carbocycles. The Kier molecular flexibility index (Phi) is 5.60. The predicted octanol–water partition coefficient (Wildman–Crippen LogP) is 1.48. The molecule has 1 amide bonds. The van der Waals surface area contributed by atoms with Gasteiger partial charge < -0.3 is 10.0 Å². The van der Waals surface area contributed by atoms with Gasteiger partial charge in [0, 0.05) is 18.1 Å². The maximum Gasteiger partial charge on any atom is 0.237 e. The van der Waals surface area contributed by atoms with E-state index in [0.717, 1.165) is 25.8 Å². The number of rotatable bonds is 5. The van der Waals surface area contributed by atoms with Crippen LogP contribution >= 0.6 is 0 Å². The SMILES string of the molecule is CCC1CCCCN1C(=O)CN(C)C(C)(C)CO. The van der Waals surface area contributed by atoms with Crippen molar-refractivity contribution in [3.63, 3.8) is 0 Å². The molecule has 1 N–H and O–H groups in total. The molecule has 1 aliphatic rings. The first-order chi connectivity index (χ1) is 8.42. The van der Waals surface area contributed by atoms with Gasteiger partial charge >= 0.3 is 0 Å². The summed E-state index contributed by atoms with van der Waals surface area (Å²) >= 11 is 0. The number of likely N-dealkylation sites (N-methyl/N-ethyl adjacent to an activating group) is 1. The minimum atomic E-state index is -0.340. The molecule has 1 heterocycles. The van der Waals surface area contributed by atoms with Crippen LogP contribution in [0.1, 0.15) is 46.5 Å². The molecule has 0 bridgehead atoms. The van der Waals surface area contributed by atoms with Gasteiger partial charge in [0.05, 0.1) is 13.2 Å². The van der Waals surface area contributed by atoms with Crippen LogP contribution in [-0.4, -0.2) is 59.1 Å². The monoisotopic (exact) mass is 256 g/mol. The molecule has 1 fully saturated rings. The van der Waals surface area contributed by atoms with Crippen molar-refractivity contribution in [1.82, 2.24) is 9.80 Å². The van der Waals surface area contributed by atoms with Gasteiger partial charge in [-0.3, -0.25) is 9.69 Å². The molecule has 0 aromatic heterocycles. The Morgan fingerprint density at radius 2 is 2.11 bits per heavy atom. The van der Waals surface area contributed by atoms with Gasteiger partial charge in [0.15, 0.2) is 0 Å². The van der Waals surface area contributed by atoms with Crippen LogP contribution in [0.25, 0.3) is 0 Å². The summed E-state index contributed by atoms with van der Waals surface area (Å²) in [5, 5.41) is 9.32. The molecule has 1 unspecified atom stereocenters. The molecule has 0 spiro atoms. The second-order valence-corrected chi connectivity index (χ2v) is 5.97. The van der Waals surface area contributed by atoms with Crippen molar-refractivity contribution in [3.8, 4) is 0 Å². The number of aliphatic hydroxyl groups excluding tert-OH is 1. The van der Waals surface area contributed by atoms with Gasteiger partial charge in [0.25, 0.3) is 0 Å². The van der Waals surface area contributed by atoms with Crippen molar-refractivity contribution < 1.29 is 9.90 Å². The highest BCUT2D eigenvalue weighted by atomic mass is 16.3. The lowest BCUT2D eigenvalue weighted by Gasteiger charge is -2.39. The van der Waals surface area contributed by atoms with Crippen LogP contribution in [0.2, 0.25) is 0 Å². The van der Waals surface area contributed by atoms with Gasteiger partial charge in [0.2, 0.25) is 5.91 Å². The molecule has 0 aliphatic carbocycles. The maximum absolute atomic E-state index is 12.3. The molecule has 1 rings (SSSR count). The number of carbonyl (C=O) groups excluding carboxylic acids is 1. The van der Waals surface area contributed by atoms with E-state index < -0.39 is 0 Å². The fourth-order valence-electron chi connectivity index (χ4n) is 2.38. The number of nitrogens with zero attached hydrogens (tertiary/aromatic N) is 2. The molecule has 0 aromatic rings. The van der Waals surface area contributed by atoms with Gasteiger partial charge in [-0.05, 0) is 46.6 Å². The van der Waals surface area contributed by atoms with E-state index >= 15 is 0 Å². The number of likely N-dealkylation sites (tertiary alicyclic amines) is 1. The average Bonchev–Trinajstić information content (AvgIpc) is 2.38. The standard InChI is InChI=1S/C14H28N2O2/c1-5-12-8-6-7-9-16(12)13(18)10-15(4)14(2,3)11-17/h12,17H,5-11H2,1-4H3. The fraction of sp³-hybridized carbons (Fsp3) is 0.929. The van der Waals surface area contributed by atoms with E-state index in [1.54, 1.807) is 0 Å². The summed E-state index contributed by atoms with van der Waals surface area (Å²) in [5.41, 5.74) is -0.340. The fourth-order valence-corrected chi connectivity index (χ4v) is 2.38. The number of hydrogen-bond acceptors (Lipinski definition) is 3. The second kappa shape index (κ2) is 6.53. The van der Waals surface area contributed by atoms with E-state index in [1.165, 1.54) is 6.42 Å². The Labute approximate surface area is 111 Å². The van der Waals surface area contributed by atoms with Gasteiger partial charge in [-0.25, -0.2) is 0 Å². The predicted molar refractivity (Wildman–Crippen MR) is 73.4 cm³/mol. The van der Waals surface area contributed by atoms with Crippen molar-refractivity contribution in [3.05, 3.63) is 0 Å². The summed E-state index contributed by atoms with van der Waals surface area (Å²) in [6, 6.07) is 0.414. The van der Waals surface area contributed by atoms with Crippen molar-refractivity contribution in [2.24, 2.45) is 0 Å². The van der Waals surface area contributed by atoms with Crippen LogP contribution in [-0.2, 0) is 4.79 Å². The Morgan fingerprint density at radius 1 is 1.44 bits per heavy atom. The first-order valence-electron chi connectivity index (χ1n) is 7.04. The molecule has 1 atom stereocenters. The highest BCUT2D eigenvalue weighted by Crippen LogP contribution is 2.20. The lowest BCUT2D eigenvalue weighted by molar-refractivity contribution is -0.137. The molecule has 18 heavy (non-hydrogen) atoms. The zero-order chi connectivity index (χ0) is 13.8. The molecule has 4 heteroatoms. The van der Waals surface area contributed by atoms with E-state index in [2.05, 4.69) is 6.92 Å². The summed E-state index contributed by atoms with van der Waals surface area (Å²) in [6.07, 6.45) is 4.53. The number of piperidine rings is 1. The van der Waals surface area contributed by atoms with Gasteiger partial charge in [-0.1, -0.05) is 6.92 Å². The maximum atomic E-state index is 12.3. The molecule has 1 saturated heterocycles. The summed E-state index contributed by atoms with van der Waals surface area (Å²) < 4.78 is 0. The Balaban J connectivity index is 2.58. The van der Waals surface area contributed by atoms with E-state index in [-0.39, 0.29) is 18.1 Å². The molecule has 4 nitrogen and oxygen atoms in total. The minimum absolute atomic E-state index is 0.0635. The molecule has 1 aliphatic heterocycles. The lowest BCUT2D eigenvalue weighted by Crippen LogP contribution is -2.52. The van der Waals surface area contributed by atoms with E-state index in [4.69, 9.17) is 0 Å². The molecular formula is C14H28N2O2. The number of amides is 1. The van der Waals surface area contributed by atoms with Crippen molar-refractivity contribution in [2.75, 3.05) is 26.7 Å². The van der Waals surface area contributed by atoms with Crippen LogP contribution in [0.5, 0.6) is 0 Å². The Bertz CT molecular complexity index is 279. The van der Waals surface area contributed by atoms with E-state index in [0.29, 0.717) is 12.6 Å². The lowest BCUT2D eigenvalue weighted by atomic mass is 9.99. The molecule has 106 valence electrons. The third kappa shape index (κ3) is 3.69. The Hall–Kier alpha value is -0.610. The number of aliphatic hydroxyl groups is 1. The smallest absolute Gasteiger partial charge is 0.237 e. The van der Waals surface area contributed by atoms with Crippen LogP contribution in [0.15, 0.2) is 0 Å². The largest absolute Gasteiger partial charge is 0.394 e. The normalized spacial score (nSPS) is 21.4. The number of hydrogen-bond donors (Lipinski definition) is 1. The topological polar surface area (TPSA) is 43.8 Å². The van der Waals surface area contributed by atoms with Crippen molar-refractivity contribution in [1.29, 1.82) is 0 Å². The van der Waals surface area contributed by atoms with Crippen LogP contribution in [0.4, 0.5) is 0 Å². The van der Waals surface area contributed by atoms with Crippen LogP contribution < -0.4 is 0 Å². The quantitative estimate of drug-likeness (QED) is 0.810. The summed E-state index contributed by atoms with van der Waals surface area (Å²) in [7, 11) is 1.90. The minimum Gasteiger partial charge on any atom is -0.394 e. The van der Waals surface area contributed by atoms with Gasteiger partial charge in [-0.2, -0.15) is 0 Å².